The molecule has 0 heterocycles. The van der Waals surface area contributed by atoms with Crippen LogP contribution >= 0.6 is 0 Å². The lowest BCUT2D eigenvalue weighted by Crippen LogP contribution is -2.30. The van der Waals surface area contributed by atoms with Crippen molar-refractivity contribution >= 4 is 32.9 Å². The minimum absolute atomic E-state index is 0.0650. The van der Waals surface area contributed by atoms with E-state index < -0.39 is 30.0 Å². The molecule has 0 fully saturated rings. The zero-order valence-corrected chi connectivity index (χ0v) is 10.4. The Labute approximate surface area is 98.4 Å². The maximum absolute atomic E-state index is 11.1. The van der Waals surface area contributed by atoms with Gasteiger partial charge < -0.3 is 0 Å². The minimum atomic E-state index is -4.60. The second-order valence-electron chi connectivity index (χ2n) is 3.23. The van der Waals surface area contributed by atoms with Gasteiger partial charge >= 0.3 is 0 Å². The summed E-state index contributed by atoms with van der Waals surface area (Å²) in [6.07, 6.45) is 1.36. The summed E-state index contributed by atoms with van der Waals surface area (Å²) in [5, 5.41) is 0.148. The smallest absolute Gasteiger partial charge is 0.282 e. The summed E-state index contributed by atoms with van der Waals surface area (Å²) in [5.41, 5.74) is 0. The molecule has 1 aromatic rings. The molecule has 1 aromatic carbocycles. The predicted octanol–water partition coefficient (Wildman–Crippen LogP) is -0.609. The molecule has 0 amide bonds. The van der Waals surface area contributed by atoms with Gasteiger partial charge in [-0.1, -0.05) is 12.7 Å². The normalized spacial score (nSPS) is 13.9. The highest BCUT2D eigenvalue weighted by atomic mass is 32.2. The van der Waals surface area contributed by atoms with Gasteiger partial charge in [0, 0.05) is 0 Å². The van der Waals surface area contributed by atoms with Crippen molar-refractivity contribution in [3.63, 3.8) is 0 Å². The molecule has 94 valence electrons. The van der Waals surface area contributed by atoms with E-state index in [0.29, 0.717) is 6.07 Å². The van der Waals surface area contributed by atoms with E-state index in [0.717, 1.165) is 6.07 Å². The van der Waals surface area contributed by atoms with Crippen molar-refractivity contribution in [2.75, 3.05) is 0 Å². The Morgan fingerprint density at radius 3 is 2.00 bits per heavy atom. The first kappa shape index (κ1) is 13.8. The van der Waals surface area contributed by atoms with Crippen molar-refractivity contribution in [2.45, 2.75) is 16.7 Å². The standard InChI is InChI=1S/C9H10O6S2/c1-3-8-6(2)4-7(16(10,11)12)5-9(8)17(13,14)15/h3-5H,2H2,1H3,(H,10,11,12)(H,13,14,15)/b8-3+. The molecule has 2 N–H and O–H groups in total. The Morgan fingerprint density at radius 2 is 1.65 bits per heavy atom. The van der Waals surface area contributed by atoms with E-state index in [9.17, 15) is 16.8 Å². The molecule has 0 aromatic heterocycles. The van der Waals surface area contributed by atoms with Crippen LogP contribution in [0.5, 0.6) is 0 Å². The van der Waals surface area contributed by atoms with Gasteiger partial charge in [-0.2, -0.15) is 16.8 Å². The van der Waals surface area contributed by atoms with Gasteiger partial charge in [-0.25, -0.2) is 0 Å². The van der Waals surface area contributed by atoms with Crippen LogP contribution in [0.25, 0.3) is 12.7 Å². The van der Waals surface area contributed by atoms with Gasteiger partial charge in [0.1, 0.15) is 4.90 Å². The highest BCUT2D eigenvalue weighted by Crippen LogP contribution is 2.09. The monoisotopic (exact) mass is 278 g/mol. The quantitative estimate of drug-likeness (QED) is 0.699. The van der Waals surface area contributed by atoms with E-state index in [-0.39, 0.29) is 10.4 Å². The second-order valence-corrected chi connectivity index (χ2v) is 6.04. The summed E-state index contributed by atoms with van der Waals surface area (Å²) >= 11 is 0. The van der Waals surface area contributed by atoms with Crippen LogP contribution in [0.4, 0.5) is 0 Å². The lowest BCUT2D eigenvalue weighted by atomic mass is 10.2. The molecule has 0 aliphatic heterocycles. The predicted molar refractivity (Wildman–Crippen MR) is 61.0 cm³/mol. The van der Waals surface area contributed by atoms with E-state index >= 15 is 0 Å². The molecule has 0 aliphatic rings. The molecular weight excluding hydrogens is 268 g/mol. The minimum Gasteiger partial charge on any atom is -0.282 e. The Morgan fingerprint density at radius 1 is 1.12 bits per heavy atom. The van der Waals surface area contributed by atoms with Crippen LogP contribution < -0.4 is 10.4 Å². The van der Waals surface area contributed by atoms with Gasteiger partial charge in [0.15, 0.2) is 0 Å². The van der Waals surface area contributed by atoms with Gasteiger partial charge in [0.2, 0.25) is 0 Å². The molecule has 17 heavy (non-hydrogen) atoms. The fourth-order valence-corrected chi connectivity index (χ4v) is 2.78. The summed E-state index contributed by atoms with van der Waals surface area (Å²) < 4.78 is 61.7. The zero-order valence-electron chi connectivity index (χ0n) is 8.78. The van der Waals surface area contributed by atoms with Crippen LogP contribution in [0, 0.1) is 0 Å². The zero-order chi connectivity index (χ0) is 13.4. The lowest BCUT2D eigenvalue weighted by molar-refractivity contribution is 0.480. The third kappa shape index (κ3) is 2.91. The molecule has 0 bridgehead atoms. The van der Waals surface area contributed by atoms with E-state index in [2.05, 4.69) is 6.58 Å². The van der Waals surface area contributed by atoms with Gasteiger partial charge in [-0.15, -0.1) is 0 Å². The van der Waals surface area contributed by atoms with E-state index in [1.165, 1.54) is 13.0 Å². The third-order valence-corrected chi connectivity index (χ3v) is 3.79. The molecule has 0 spiro atoms. The Balaban J connectivity index is 3.97. The van der Waals surface area contributed by atoms with Gasteiger partial charge in [0.05, 0.1) is 4.90 Å². The SMILES string of the molecule is C=c1cc(S(=O)(=O)O)cc(S(=O)(=O)O)/c1=C/C. The van der Waals surface area contributed by atoms with Crippen molar-refractivity contribution in [3.8, 4) is 0 Å². The fourth-order valence-electron chi connectivity index (χ4n) is 1.35. The van der Waals surface area contributed by atoms with Crippen LogP contribution in [0.15, 0.2) is 21.9 Å². The summed E-state index contributed by atoms with van der Waals surface area (Å²) in [7, 11) is -9.16. The Bertz CT molecular complexity index is 758. The van der Waals surface area contributed by atoms with Crippen molar-refractivity contribution < 1.29 is 25.9 Å². The molecule has 0 aliphatic carbocycles. The van der Waals surface area contributed by atoms with Crippen LogP contribution in [-0.2, 0) is 20.2 Å². The first-order valence-corrected chi connectivity index (χ1v) is 7.19. The fraction of sp³-hybridized carbons (Fsp3) is 0.111. The molecule has 8 heteroatoms. The average Bonchev–Trinajstić information content (AvgIpc) is 2.13. The maximum atomic E-state index is 11.1. The molecule has 6 nitrogen and oxygen atoms in total. The average molecular weight is 278 g/mol. The topological polar surface area (TPSA) is 109 Å². The molecule has 0 saturated heterocycles. The van der Waals surface area contributed by atoms with Crippen molar-refractivity contribution in [1.29, 1.82) is 0 Å². The number of hydrogen-bond acceptors (Lipinski definition) is 4. The summed E-state index contributed by atoms with van der Waals surface area (Å²) in [6.45, 7) is 4.96. The number of hydrogen-bond donors (Lipinski definition) is 2. The summed E-state index contributed by atoms with van der Waals surface area (Å²) in [4.78, 5) is -1.25. The van der Waals surface area contributed by atoms with Gasteiger partial charge in [-0.3, -0.25) is 9.11 Å². The Kier molecular flexibility index (Phi) is 3.44. The highest BCUT2D eigenvalue weighted by Gasteiger charge is 2.18. The third-order valence-electron chi connectivity index (χ3n) is 2.07. The van der Waals surface area contributed by atoms with Crippen LogP contribution in [0.1, 0.15) is 6.92 Å². The first-order valence-electron chi connectivity index (χ1n) is 4.31. The Hall–Kier alpha value is -1.22. The van der Waals surface area contributed by atoms with Gasteiger partial charge in [-0.05, 0) is 29.5 Å². The maximum Gasteiger partial charge on any atom is 0.295 e. The van der Waals surface area contributed by atoms with Crippen molar-refractivity contribution in [2.24, 2.45) is 0 Å². The van der Waals surface area contributed by atoms with Crippen LogP contribution in [0.3, 0.4) is 0 Å². The summed E-state index contributed by atoms with van der Waals surface area (Å²) in [6, 6.07) is 1.69. The van der Waals surface area contributed by atoms with Crippen molar-refractivity contribution in [3.05, 3.63) is 22.6 Å². The molecule has 0 saturated carbocycles. The molecule has 0 atom stereocenters. The number of rotatable bonds is 2. The molecule has 0 radical (unpaired) electrons. The molecular formula is C9H10O6S2. The first-order chi connectivity index (χ1) is 7.57. The molecule has 0 unspecified atom stereocenters. The van der Waals surface area contributed by atoms with Crippen LogP contribution in [0.2, 0.25) is 0 Å². The second kappa shape index (κ2) is 4.22. The number of benzene rings is 1. The van der Waals surface area contributed by atoms with E-state index in [1.807, 2.05) is 0 Å². The van der Waals surface area contributed by atoms with Crippen molar-refractivity contribution in [1.82, 2.24) is 0 Å². The highest BCUT2D eigenvalue weighted by molar-refractivity contribution is 7.86. The van der Waals surface area contributed by atoms with E-state index in [1.54, 1.807) is 0 Å². The largest absolute Gasteiger partial charge is 0.295 e. The summed E-state index contributed by atoms with van der Waals surface area (Å²) in [5.74, 6) is 0. The van der Waals surface area contributed by atoms with E-state index in [4.69, 9.17) is 9.11 Å². The molecule has 1 rings (SSSR count). The van der Waals surface area contributed by atoms with Crippen LogP contribution in [-0.4, -0.2) is 25.9 Å². The van der Waals surface area contributed by atoms with Gasteiger partial charge in [0.25, 0.3) is 20.2 Å². The lowest BCUT2D eigenvalue weighted by Gasteiger charge is -2.03.